The van der Waals surface area contributed by atoms with E-state index in [2.05, 4.69) is 28.5 Å². The van der Waals surface area contributed by atoms with Gasteiger partial charge in [0.1, 0.15) is 0 Å². The Morgan fingerprint density at radius 2 is 2.05 bits per heavy atom. The third-order valence-electron chi connectivity index (χ3n) is 3.17. The Labute approximate surface area is 131 Å². The van der Waals surface area contributed by atoms with Gasteiger partial charge < -0.3 is 15.5 Å². The quantitative estimate of drug-likeness (QED) is 0.775. The summed E-state index contributed by atoms with van der Waals surface area (Å²) in [5, 5.41) is 10.6. The van der Waals surface area contributed by atoms with Crippen LogP contribution in [0.5, 0.6) is 5.88 Å². The highest BCUT2D eigenvalue weighted by Crippen LogP contribution is 2.26. The maximum atomic E-state index is 7.40. The molecule has 0 radical (unpaired) electrons. The lowest BCUT2D eigenvalue weighted by molar-refractivity contribution is 0.327. The minimum Gasteiger partial charge on any atom is -0.478 e. The van der Waals surface area contributed by atoms with Gasteiger partial charge in [-0.3, -0.25) is 0 Å². The molecule has 0 saturated carbocycles. The molecular weight excluding hydrogens is 274 g/mol. The summed E-state index contributed by atoms with van der Waals surface area (Å²) in [7, 11) is 0. The van der Waals surface area contributed by atoms with Crippen LogP contribution in [0, 0.1) is 12.3 Å². The van der Waals surface area contributed by atoms with E-state index >= 15 is 0 Å². The fourth-order valence-electron chi connectivity index (χ4n) is 2.00. The predicted molar refractivity (Wildman–Crippen MR) is 91.7 cm³/mol. The topological polar surface area (TPSA) is 58.0 Å². The molecule has 0 fully saturated rings. The molecule has 0 unspecified atom stereocenters. The Balaban J connectivity index is 2.22. The van der Waals surface area contributed by atoms with Gasteiger partial charge >= 0.3 is 0 Å². The summed E-state index contributed by atoms with van der Waals surface area (Å²) < 4.78 is 5.36. The molecule has 2 aromatic rings. The first kappa shape index (κ1) is 15.8. The first-order valence-electron chi connectivity index (χ1n) is 7.28. The second-order valence-electron chi connectivity index (χ2n) is 5.01. The standard InChI is InChI=1S/C18H21N3O/c1-4-22-18-8-7-16(12-21-18)15-6-5-13(2)17(11-15)20-10-9-14(3)19/h5-12,19-20H,4H2,1-3H3/b10-9-,19-14?. The van der Waals surface area contributed by atoms with Gasteiger partial charge in [-0.25, -0.2) is 4.98 Å². The number of nitrogens with zero attached hydrogens (tertiary/aromatic N) is 1. The minimum atomic E-state index is 0.511. The van der Waals surface area contributed by atoms with Crippen molar-refractivity contribution < 1.29 is 4.74 Å². The molecule has 1 aromatic heterocycles. The van der Waals surface area contributed by atoms with Crippen molar-refractivity contribution in [3.05, 3.63) is 54.4 Å². The molecule has 1 heterocycles. The van der Waals surface area contributed by atoms with Crippen molar-refractivity contribution >= 4 is 11.4 Å². The number of benzene rings is 1. The molecule has 0 aliphatic carbocycles. The monoisotopic (exact) mass is 295 g/mol. The van der Waals surface area contributed by atoms with E-state index in [1.54, 1.807) is 19.2 Å². The highest BCUT2D eigenvalue weighted by Gasteiger charge is 2.03. The lowest BCUT2D eigenvalue weighted by Gasteiger charge is -2.09. The third kappa shape index (κ3) is 4.19. The van der Waals surface area contributed by atoms with Crippen LogP contribution in [0.1, 0.15) is 19.4 Å². The SMILES string of the molecule is CCOc1ccc(-c2ccc(C)c(N/C=C\C(C)=N)c2)cn1. The van der Waals surface area contributed by atoms with E-state index in [1.807, 2.05) is 32.2 Å². The normalized spacial score (nSPS) is 10.7. The molecule has 0 aliphatic heterocycles. The van der Waals surface area contributed by atoms with Crippen LogP contribution in [-0.4, -0.2) is 17.3 Å². The van der Waals surface area contributed by atoms with Crippen molar-refractivity contribution in [3.8, 4) is 17.0 Å². The van der Waals surface area contributed by atoms with Crippen molar-refractivity contribution in [3.63, 3.8) is 0 Å². The Morgan fingerprint density at radius 1 is 1.27 bits per heavy atom. The second kappa shape index (κ2) is 7.41. The number of rotatable bonds is 6. The van der Waals surface area contributed by atoms with Crippen LogP contribution in [0.3, 0.4) is 0 Å². The first-order valence-corrected chi connectivity index (χ1v) is 7.28. The Kier molecular flexibility index (Phi) is 5.31. The van der Waals surface area contributed by atoms with Crippen molar-refractivity contribution in [1.82, 2.24) is 4.98 Å². The van der Waals surface area contributed by atoms with E-state index in [4.69, 9.17) is 10.1 Å². The van der Waals surface area contributed by atoms with Crippen LogP contribution >= 0.6 is 0 Å². The fraction of sp³-hybridized carbons (Fsp3) is 0.222. The van der Waals surface area contributed by atoms with Gasteiger partial charge in [0.25, 0.3) is 0 Å². The van der Waals surface area contributed by atoms with Gasteiger partial charge in [0.2, 0.25) is 5.88 Å². The number of hydrogen-bond acceptors (Lipinski definition) is 4. The second-order valence-corrected chi connectivity index (χ2v) is 5.01. The highest BCUT2D eigenvalue weighted by molar-refractivity contribution is 5.90. The molecule has 0 atom stereocenters. The van der Waals surface area contributed by atoms with Gasteiger partial charge in [0.15, 0.2) is 0 Å². The Hall–Kier alpha value is -2.62. The number of pyridine rings is 1. The summed E-state index contributed by atoms with van der Waals surface area (Å²) in [4.78, 5) is 4.30. The maximum Gasteiger partial charge on any atom is 0.213 e. The summed E-state index contributed by atoms with van der Waals surface area (Å²) in [6.07, 6.45) is 5.33. The van der Waals surface area contributed by atoms with Gasteiger partial charge in [0, 0.05) is 35.4 Å². The van der Waals surface area contributed by atoms with E-state index in [0.29, 0.717) is 18.2 Å². The molecule has 2 N–H and O–H groups in total. The van der Waals surface area contributed by atoms with E-state index in [-0.39, 0.29) is 0 Å². The van der Waals surface area contributed by atoms with E-state index in [0.717, 1.165) is 22.4 Å². The molecular formula is C18H21N3O. The molecule has 4 heteroatoms. The molecule has 114 valence electrons. The number of hydrogen-bond donors (Lipinski definition) is 2. The Morgan fingerprint density at radius 3 is 2.68 bits per heavy atom. The molecule has 0 aliphatic rings. The highest BCUT2D eigenvalue weighted by atomic mass is 16.5. The molecule has 0 spiro atoms. The smallest absolute Gasteiger partial charge is 0.213 e. The molecule has 0 amide bonds. The molecule has 1 aromatic carbocycles. The largest absolute Gasteiger partial charge is 0.478 e. The number of anilines is 1. The maximum absolute atomic E-state index is 7.40. The lowest BCUT2D eigenvalue weighted by Crippen LogP contribution is -1.95. The number of ether oxygens (including phenoxy) is 1. The number of aromatic nitrogens is 1. The van der Waals surface area contributed by atoms with Gasteiger partial charge in [-0.05, 0) is 50.1 Å². The van der Waals surface area contributed by atoms with Gasteiger partial charge in [-0.1, -0.05) is 12.1 Å². The molecule has 0 saturated heterocycles. The number of aryl methyl sites for hydroxylation is 1. The zero-order valence-corrected chi connectivity index (χ0v) is 13.2. The summed E-state index contributed by atoms with van der Waals surface area (Å²) in [6, 6.07) is 10.1. The first-order chi connectivity index (χ1) is 10.6. The van der Waals surface area contributed by atoms with Crippen molar-refractivity contribution in [2.24, 2.45) is 0 Å². The zero-order chi connectivity index (χ0) is 15.9. The molecule has 22 heavy (non-hydrogen) atoms. The van der Waals surface area contributed by atoms with Crippen molar-refractivity contribution in [2.45, 2.75) is 20.8 Å². The van der Waals surface area contributed by atoms with Crippen LogP contribution in [0.25, 0.3) is 11.1 Å². The van der Waals surface area contributed by atoms with Crippen LogP contribution in [0.4, 0.5) is 5.69 Å². The van der Waals surface area contributed by atoms with Crippen LogP contribution in [0.15, 0.2) is 48.8 Å². The summed E-state index contributed by atoms with van der Waals surface area (Å²) >= 11 is 0. The lowest BCUT2D eigenvalue weighted by atomic mass is 10.0. The average molecular weight is 295 g/mol. The van der Waals surface area contributed by atoms with Crippen molar-refractivity contribution in [1.29, 1.82) is 5.41 Å². The third-order valence-corrected chi connectivity index (χ3v) is 3.17. The summed E-state index contributed by atoms with van der Waals surface area (Å²) in [5.74, 6) is 0.640. The van der Waals surface area contributed by atoms with Crippen LogP contribution in [0.2, 0.25) is 0 Å². The van der Waals surface area contributed by atoms with Gasteiger partial charge in [0.05, 0.1) is 6.61 Å². The van der Waals surface area contributed by atoms with Crippen molar-refractivity contribution in [2.75, 3.05) is 11.9 Å². The minimum absolute atomic E-state index is 0.511. The average Bonchev–Trinajstić information content (AvgIpc) is 2.50. The number of nitrogens with one attached hydrogen (secondary N) is 2. The summed E-state index contributed by atoms with van der Waals surface area (Å²) in [5.41, 5.74) is 4.80. The van der Waals surface area contributed by atoms with Gasteiger partial charge in [-0.2, -0.15) is 0 Å². The number of allylic oxidation sites excluding steroid dienone is 1. The van der Waals surface area contributed by atoms with E-state index < -0.39 is 0 Å². The zero-order valence-electron chi connectivity index (χ0n) is 13.2. The van der Waals surface area contributed by atoms with Crippen LogP contribution in [-0.2, 0) is 0 Å². The van der Waals surface area contributed by atoms with Gasteiger partial charge in [-0.15, -0.1) is 0 Å². The molecule has 4 nitrogen and oxygen atoms in total. The van der Waals surface area contributed by atoms with E-state index in [9.17, 15) is 0 Å². The summed E-state index contributed by atoms with van der Waals surface area (Å²) in [6.45, 7) is 6.35. The molecule has 0 bridgehead atoms. The van der Waals surface area contributed by atoms with Crippen LogP contribution < -0.4 is 10.1 Å². The fourth-order valence-corrected chi connectivity index (χ4v) is 2.00. The predicted octanol–water partition coefficient (Wildman–Crippen LogP) is 4.42. The Bertz CT molecular complexity index is 675. The molecule has 2 rings (SSSR count). The van der Waals surface area contributed by atoms with E-state index in [1.165, 1.54) is 0 Å².